The Kier molecular flexibility index (Phi) is 4.18. The van der Waals surface area contributed by atoms with Gasteiger partial charge in [-0.05, 0) is 48.9 Å². The molecule has 0 saturated carbocycles. The molecule has 0 N–H and O–H groups in total. The van der Waals surface area contributed by atoms with E-state index in [-0.39, 0.29) is 12.4 Å². The minimum absolute atomic E-state index is 0.0996. The fourth-order valence-electron chi connectivity index (χ4n) is 1.62. The zero-order valence-corrected chi connectivity index (χ0v) is 11.9. The van der Waals surface area contributed by atoms with Crippen molar-refractivity contribution in [2.45, 2.75) is 13.5 Å². The van der Waals surface area contributed by atoms with Crippen molar-refractivity contribution in [1.29, 1.82) is 5.26 Å². The standard InChI is InChI=1S/C15H11BrFNO/c1-10-6-13(3-4-14(10)16)19-9-12-7-11(8-18)2-5-15(12)17/h2-7H,9H2,1H3. The summed E-state index contributed by atoms with van der Waals surface area (Å²) < 4.78 is 20.1. The van der Waals surface area contributed by atoms with Crippen molar-refractivity contribution in [3.8, 4) is 11.8 Å². The largest absolute Gasteiger partial charge is 0.489 e. The van der Waals surface area contributed by atoms with Gasteiger partial charge in [0.1, 0.15) is 18.2 Å². The molecule has 0 heterocycles. The lowest BCUT2D eigenvalue weighted by Gasteiger charge is -2.09. The summed E-state index contributed by atoms with van der Waals surface area (Å²) in [6.07, 6.45) is 0. The molecule has 0 saturated heterocycles. The first kappa shape index (κ1) is 13.6. The molecule has 0 amide bonds. The predicted octanol–water partition coefficient (Wildman–Crippen LogP) is 4.35. The highest BCUT2D eigenvalue weighted by Crippen LogP contribution is 2.22. The van der Waals surface area contributed by atoms with Crippen molar-refractivity contribution in [3.05, 3.63) is 63.4 Å². The SMILES string of the molecule is Cc1cc(OCc2cc(C#N)ccc2F)ccc1Br. The van der Waals surface area contributed by atoms with Gasteiger partial charge in [0.05, 0.1) is 11.6 Å². The van der Waals surface area contributed by atoms with Crippen LogP contribution in [-0.4, -0.2) is 0 Å². The van der Waals surface area contributed by atoms with Crippen LogP contribution in [0.5, 0.6) is 5.75 Å². The van der Waals surface area contributed by atoms with E-state index < -0.39 is 0 Å². The van der Waals surface area contributed by atoms with Crippen LogP contribution in [0.3, 0.4) is 0 Å². The molecule has 0 spiro atoms. The van der Waals surface area contributed by atoms with Crippen LogP contribution in [0.25, 0.3) is 0 Å². The van der Waals surface area contributed by atoms with Crippen molar-refractivity contribution < 1.29 is 9.13 Å². The lowest BCUT2D eigenvalue weighted by molar-refractivity contribution is 0.299. The maximum absolute atomic E-state index is 13.6. The van der Waals surface area contributed by atoms with Gasteiger partial charge in [-0.2, -0.15) is 5.26 Å². The molecule has 0 aliphatic carbocycles. The third-order valence-electron chi connectivity index (χ3n) is 2.70. The number of nitriles is 1. The number of aryl methyl sites for hydroxylation is 1. The highest BCUT2D eigenvalue weighted by Gasteiger charge is 2.05. The zero-order chi connectivity index (χ0) is 13.8. The molecule has 2 aromatic carbocycles. The maximum Gasteiger partial charge on any atom is 0.129 e. The first-order chi connectivity index (χ1) is 9.10. The minimum atomic E-state index is -0.368. The van der Waals surface area contributed by atoms with E-state index in [9.17, 15) is 4.39 Å². The van der Waals surface area contributed by atoms with E-state index in [0.29, 0.717) is 16.9 Å². The van der Waals surface area contributed by atoms with E-state index in [1.54, 1.807) is 0 Å². The van der Waals surface area contributed by atoms with Crippen molar-refractivity contribution in [3.63, 3.8) is 0 Å². The third-order valence-corrected chi connectivity index (χ3v) is 3.59. The molecule has 0 radical (unpaired) electrons. The second-order valence-electron chi connectivity index (χ2n) is 4.12. The van der Waals surface area contributed by atoms with Gasteiger partial charge < -0.3 is 4.74 Å². The number of hydrogen-bond acceptors (Lipinski definition) is 2. The van der Waals surface area contributed by atoms with Gasteiger partial charge in [0.15, 0.2) is 0 Å². The average Bonchev–Trinajstić information content (AvgIpc) is 2.41. The molecule has 4 heteroatoms. The fraction of sp³-hybridized carbons (Fsp3) is 0.133. The van der Waals surface area contributed by atoms with Crippen LogP contribution < -0.4 is 4.74 Å². The molecule has 2 rings (SSSR count). The molecular weight excluding hydrogens is 309 g/mol. The molecule has 0 aromatic heterocycles. The Balaban J connectivity index is 2.14. The topological polar surface area (TPSA) is 33.0 Å². The molecule has 19 heavy (non-hydrogen) atoms. The monoisotopic (exact) mass is 319 g/mol. The number of hydrogen-bond donors (Lipinski definition) is 0. The van der Waals surface area contributed by atoms with E-state index in [0.717, 1.165) is 10.0 Å². The van der Waals surface area contributed by atoms with Gasteiger partial charge in [0.25, 0.3) is 0 Å². The minimum Gasteiger partial charge on any atom is -0.489 e. The third kappa shape index (κ3) is 3.33. The second-order valence-corrected chi connectivity index (χ2v) is 4.97. The first-order valence-electron chi connectivity index (χ1n) is 5.67. The zero-order valence-electron chi connectivity index (χ0n) is 10.3. The Hall–Kier alpha value is -1.86. The van der Waals surface area contributed by atoms with Crippen molar-refractivity contribution >= 4 is 15.9 Å². The lowest BCUT2D eigenvalue weighted by Crippen LogP contribution is -1.99. The Labute approximate surface area is 119 Å². The Morgan fingerprint density at radius 2 is 2.05 bits per heavy atom. The molecule has 96 valence electrons. The van der Waals surface area contributed by atoms with Gasteiger partial charge in [0.2, 0.25) is 0 Å². The normalized spacial score (nSPS) is 10.0. The highest BCUT2D eigenvalue weighted by molar-refractivity contribution is 9.10. The highest BCUT2D eigenvalue weighted by atomic mass is 79.9. The van der Waals surface area contributed by atoms with Crippen LogP contribution >= 0.6 is 15.9 Å². The van der Waals surface area contributed by atoms with E-state index in [1.807, 2.05) is 31.2 Å². The second kappa shape index (κ2) is 5.85. The van der Waals surface area contributed by atoms with E-state index in [4.69, 9.17) is 10.00 Å². The average molecular weight is 320 g/mol. The van der Waals surface area contributed by atoms with Gasteiger partial charge in [0, 0.05) is 10.0 Å². The van der Waals surface area contributed by atoms with Gasteiger partial charge in [-0.3, -0.25) is 0 Å². The van der Waals surface area contributed by atoms with Crippen LogP contribution in [0.1, 0.15) is 16.7 Å². The fourth-order valence-corrected chi connectivity index (χ4v) is 1.87. The van der Waals surface area contributed by atoms with Gasteiger partial charge >= 0.3 is 0 Å². The number of benzene rings is 2. The Morgan fingerprint density at radius 1 is 1.26 bits per heavy atom. The summed E-state index contributed by atoms with van der Waals surface area (Å²) in [4.78, 5) is 0. The number of ether oxygens (including phenoxy) is 1. The summed E-state index contributed by atoms with van der Waals surface area (Å²) >= 11 is 3.40. The number of rotatable bonds is 3. The van der Waals surface area contributed by atoms with Crippen molar-refractivity contribution in [2.75, 3.05) is 0 Å². The number of nitrogens with zero attached hydrogens (tertiary/aromatic N) is 1. The van der Waals surface area contributed by atoms with E-state index in [2.05, 4.69) is 15.9 Å². The van der Waals surface area contributed by atoms with Crippen LogP contribution in [-0.2, 0) is 6.61 Å². The van der Waals surface area contributed by atoms with Crippen LogP contribution in [0.4, 0.5) is 4.39 Å². The summed E-state index contributed by atoms with van der Waals surface area (Å²) in [5, 5.41) is 8.79. The Bertz CT molecular complexity index is 649. The molecular formula is C15H11BrFNO. The first-order valence-corrected chi connectivity index (χ1v) is 6.47. The lowest BCUT2D eigenvalue weighted by atomic mass is 10.1. The van der Waals surface area contributed by atoms with Gasteiger partial charge in [-0.1, -0.05) is 15.9 Å². The molecule has 0 atom stereocenters. The van der Waals surface area contributed by atoms with Crippen LogP contribution in [0, 0.1) is 24.1 Å². The molecule has 0 aliphatic rings. The molecule has 0 fully saturated rings. The Morgan fingerprint density at radius 3 is 2.74 bits per heavy atom. The van der Waals surface area contributed by atoms with Crippen LogP contribution in [0.2, 0.25) is 0 Å². The smallest absolute Gasteiger partial charge is 0.129 e. The maximum atomic E-state index is 13.6. The van der Waals surface area contributed by atoms with Gasteiger partial charge in [-0.25, -0.2) is 4.39 Å². The summed E-state index contributed by atoms with van der Waals surface area (Å²) in [6.45, 7) is 2.05. The molecule has 0 bridgehead atoms. The predicted molar refractivity (Wildman–Crippen MR) is 74.3 cm³/mol. The summed E-state index contributed by atoms with van der Waals surface area (Å²) in [6, 6.07) is 11.8. The quantitative estimate of drug-likeness (QED) is 0.842. The summed E-state index contributed by atoms with van der Waals surface area (Å²) in [5.41, 5.74) is 1.84. The molecule has 0 aliphatic heterocycles. The summed E-state index contributed by atoms with van der Waals surface area (Å²) in [7, 11) is 0. The molecule has 2 aromatic rings. The van der Waals surface area contributed by atoms with Crippen LogP contribution in [0.15, 0.2) is 40.9 Å². The van der Waals surface area contributed by atoms with E-state index in [1.165, 1.54) is 18.2 Å². The summed E-state index contributed by atoms with van der Waals surface area (Å²) in [5.74, 6) is 0.301. The van der Waals surface area contributed by atoms with Gasteiger partial charge in [-0.15, -0.1) is 0 Å². The molecule has 2 nitrogen and oxygen atoms in total. The van der Waals surface area contributed by atoms with Crippen molar-refractivity contribution in [2.24, 2.45) is 0 Å². The molecule has 0 unspecified atom stereocenters. The van der Waals surface area contributed by atoms with E-state index >= 15 is 0 Å². The van der Waals surface area contributed by atoms with Crippen molar-refractivity contribution in [1.82, 2.24) is 0 Å². The number of halogens is 2.